The second-order valence-corrected chi connectivity index (χ2v) is 8.62. The molecule has 2 atom stereocenters. The van der Waals surface area contributed by atoms with Crippen molar-refractivity contribution in [1.82, 2.24) is 10.2 Å². The first-order valence-corrected chi connectivity index (χ1v) is 11.2. The van der Waals surface area contributed by atoms with E-state index in [1.165, 1.54) is 0 Å². The predicted octanol–water partition coefficient (Wildman–Crippen LogP) is 2.94. The van der Waals surface area contributed by atoms with Gasteiger partial charge in [0.1, 0.15) is 5.75 Å². The fourth-order valence-electron chi connectivity index (χ4n) is 4.38. The number of hydrogen-bond donors (Lipinski definition) is 3. The van der Waals surface area contributed by atoms with E-state index < -0.39 is 12.1 Å². The van der Waals surface area contributed by atoms with Crippen LogP contribution in [0.3, 0.4) is 0 Å². The first kappa shape index (κ1) is 23.0. The van der Waals surface area contributed by atoms with Crippen molar-refractivity contribution in [2.75, 3.05) is 27.0 Å². The summed E-state index contributed by atoms with van der Waals surface area (Å²) in [6, 6.07) is 9.45. The molecule has 4 rings (SSSR count). The Morgan fingerprint density at radius 3 is 2.73 bits per heavy atom. The zero-order valence-corrected chi connectivity index (χ0v) is 19.4. The molecule has 2 aromatic rings. The van der Waals surface area contributed by atoms with Crippen LogP contribution in [0.1, 0.15) is 44.6 Å². The van der Waals surface area contributed by atoms with Gasteiger partial charge in [0.2, 0.25) is 0 Å². The van der Waals surface area contributed by atoms with Gasteiger partial charge in [-0.05, 0) is 72.8 Å². The number of nitrogens with one attached hydrogen (secondary N) is 2. The maximum Gasteiger partial charge on any atom is 0.260 e. The number of aliphatic hydroxyl groups excluding tert-OH is 1. The smallest absolute Gasteiger partial charge is 0.260 e. The van der Waals surface area contributed by atoms with Gasteiger partial charge in [0.05, 0.1) is 30.0 Å². The molecule has 2 aliphatic rings. The summed E-state index contributed by atoms with van der Waals surface area (Å²) < 4.78 is 11.5. The molecule has 7 heteroatoms. The SMILES string of the molecule is CN/C=C\C(=N)c1ccc(Cc2cc3c(c(C)c2C)OCN([C@H]2COCC[C@@H]2O)C3=O)cc1. The third kappa shape index (κ3) is 4.65. The highest BCUT2D eigenvalue weighted by atomic mass is 16.5. The Hall–Kier alpha value is -3.16. The van der Waals surface area contributed by atoms with Crippen LogP contribution >= 0.6 is 0 Å². The second-order valence-electron chi connectivity index (χ2n) is 8.62. The molecule has 1 fully saturated rings. The van der Waals surface area contributed by atoms with Crippen molar-refractivity contribution in [3.8, 4) is 5.75 Å². The quantitative estimate of drug-likeness (QED) is 0.590. The molecule has 0 spiro atoms. The molecule has 0 saturated carbocycles. The van der Waals surface area contributed by atoms with Crippen LogP contribution in [0, 0.1) is 19.3 Å². The first-order chi connectivity index (χ1) is 15.9. The van der Waals surface area contributed by atoms with E-state index in [1.54, 1.807) is 24.2 Å². The number of nitrogens with zero attached hydrogens (tertiary/aromatic N) is 1. The molecular formula is C26H31N3O4. The van der Waals surface area contributed by atoms with Gasteiger partial charge in [0.25, 0.3) is 5.91 Å². The van der Waals surface area contributed by atoms with Crippen LogP contribution in [-0.4, -0.2) is 60.8 Å². The molecule has 33 heavy (non-hydrogen) atoms. The second kappa shape index (κ2) is 9.77. The molecule has 1 amide bonds. The molecule has 2 aliphatic heterocycles. The van der Waals surface area contributed by atoms with Crippen LogP contribution in [0.5, 0.6) is 5.75 Å². The van der Waals surface area contributed by atoms with E-state index in [4.69, 9.17) is 14.9 Å². The summed E-state index contributed by atoms with van der Waals surface area (Å²) in [4.78, 5) is 15.0. The van der Waals surface area contributed by atoms with Crippen LogP contribution in [-0.2, 0) is 11.2 Å². The number of fused-ring (bicyclic) bond motifs is 1. The predicted molar refractivity (Wildman–Crippen MR) is 127 cm³/mol. The highest BCUT2D eigenvalue weighted by Gasteiger charge is 2.37. The molecule has 174 valence electrons. The van der Waals surface area contributed by atoms with Gasteiger partial charge in [-0.3, -0.25) is 9.69 Å². The van der Waals surface area contributed by atoms with Gasteiger partial charge in [-0.15, -0.1) is 0 Å². The number of ether oxygens (including phenoxy) is 2. The lowest BCUT2D eigenvalue weighted by Gasteiger charge is -2.40. The molecule has 2 aromatic carbocycles. The van der Waals surface area contributed by atoms with Gasteiger partial charge in [0.15, 0.2) is 6.73 Å². The number of carbonyl (C=O) groups is 1. The minimum absolute atomic E-state index is 0.117. The summed E-state index contributed by atoms with van der Waals surface area (Å²) in [7, 11) is 1.80. The zero-order chi connectivity index (χ0) is 23.5. The van der Waals surface area contributed by atoms with E-state index in [0.29, 0.717) is 43.1 Å². The molecule has 0 bridgehead atoms. The number of allylic oxidation sites excluding steroid dienone is 1. The molecular weight excluding hydrogens is 418 g/mol. The Bertz CT molecular complexity index is 1080. The van der Waals surface area contributed by atoms with Crippen molar-refractivity contribution in [3.63, 3.8) is 0 Å². The molecule has 1 saturated heterocycles. The number of amides is 1. The molecule has 0 aliphatic carbocycles. The van der Waals surface area contributed by atoms with Crippen LogP contribution in [0.15, 0.2) is 42.6 Å². The zero-order valence-electron chi connectivity index (χ0n) is 19.4. The Kier molecular flexibility index (Phi) is 6.81. The van der Waals surface area contributed by atoms with E-state index in [9.17, 15) is 9.90 Å². The highest BCUT2D eigenvalue weighted by molar-refractivity contribution is 6.06. The maximum atomic E-state index is 13.4. The maximum absolute atomic E-state index is 13.4. The van der Waals surface area contributed by atoms with Crippen molar-refractivity contribution in [2.45, 2.75) is 38.8 Å². The average molecular weight is 450 g/mol. The van der Waals surface area contributed by atoms with Crippen molar-refractivity contribution in [3.05, 3.63) is 76.0 Å². The van der Waals surface area contributed by atoms with E-state index in [1.807, 2.05) is 37.3 Å². The lowest BCUT2D eigenvalue weighted by atomic mass is 9.92. The summed E-state index contributed by atoms with van der Waals surface area (Å²) in [5.74, 6) is 0.499. The van der Waals surface area contributed by atoms with Crippen molar-refractivity contribution in [1.29, 1.82) is 5.41 Å². The summed E-state index contributed by atoms with van der Waals surface area (Å²) >= 11 is 0. The average Bonchev–Trinajstić information content (AvgIpc) is 2.82. The summed E-state index contributed by atoms with van der Waals surface area (Å²) in [5.41, 5.74) is 6.04. The largest absolute Gasteiger partial charge is 0.472 e. The lowest BCUT2D eigenvalue weighted by Crippen LogP contribution is -2.55. The number of carbonyl (C=O) groups excluding carboxylic acids is 1. The minimum Gasteiger partial charge on any atom is -0.472 e. The summed E-state index contributed by atoms with van der Waals surface area (Å²) in [6.45, 7) is 4.97. The fraction of sp³-hybridized carbons (Fsp3) is 0.385. The Balaban J connectivity index is 1.58. The van der Waals surface area contributed by atoms with E-state index in [2.05, 4.69) is 12.2 Å². The first-order valence-electron chi connectivity index (χ1n) is 11.2. The van der Waals surface area contributed by atoms with E-state index in [0.717, 1.165) is 27.8 Å². The number of benzene rings is 2. The van der Waals surface area contributed by atoms with Crippen molar-refractivity contribution >= 4 is 11.6 Å². The van der Waals surface area contributed by atoms with Gasteiger partial charge in [0, 0.05) is 13.7 Å². The monoisotopic (exact) mass is 449 g/mol. The topological polar surface area (TPSA) is 94.9 Å². The highest BCUT2D eigenvalue weighted by Crippen LogP contribution is 2.35. The van der Waals surface area contributed by atoms with Gasteiger partial charge < -0.3 is 25.3 Å². The molecule has 3 N–H and O–H groups in total. The van der Waals surface area contributed by atoms with Crippen LogP contribution < -0.4 is 10.1 Å². The Morgan fingerprint density at radius 2 is 2.03 bits per heavy atom. The molecule has 0 radical (unpaired) electrons. The molecule has 0 aromatic heterocycles. The summed E-state index contributed by atoms with van der Waals surface area (Å²) in [6.07, 6.45) is 4.02. The third-order valence-electron chi connectivity index (χ3n) is 6.55. The lowest BCUT2D eigenvalue weighted by molar-refractivity contribution is -0.0697. The Morgan fingerprint density at radius 1 is 1.27 bits per heavy atom. The standard InChI is InChI=1S/C26H31N3O4/c1-16-17(2)25-21(26(31)29(15-33-25)23-14-32-11-9-24(23)30)13-20(16)12-18-4-6-19(7-5-18)22(27)8-10-28-3/h4-8,10,13,23-24,27-28,30H,9,11-12,14-15H2,1-3H3/b10-8-,27-22?/t23-,24-/m0/s1. The van der Waals surface area contributed by atoms with Crippen molar-refractivity contribution in [2.24, 2.45) is 0 Å². The van der Waals surface area contributed by atoms with E-state index in [-0.39, 0.29) is 12.6 Å². The number of rotatable bonds is 6. The Labute approximate surface area is 194 Å². The normalized spacial score (nSPS) is 20.5. The van der Waals surface area contributed by atoms with Crippen LogP contribution in [0.2, 0.25) is 0 Å². The number of hydrogen-bond acceptors (Lipinski definition) is 6. The van der Waals surface area contributed by atoms with Gasteiger partial charge in [-0.1, -0.05) is 24.3 Å². The fourth-order valence-corrected chi connectivity index (χ4v) is 4.38. The van der Waals surface area contributed by atoms with Gasteiger partial charge in [-0.2, -0.15) is 0 Å². The number of aliphatic hydroxyl groups is 1. The summed E-state index contributed by atoms with van der Waals surface area (Å²) in [5, 5.41) is 21.4. The molecule has 7 nitrogen and oxygen atoms in total. The van der Waals surface area contributed by atoms with Gasteiger partial charge >= 0.3 is 0 Å². The van der Waals surface area contributed by atoms with Crippen LogP contribution in [0.25, 0.3) is 0 Å². The van der Waals surface area contributed by atoms with E-state index >= 15 is 0 Å². The minimum atomic E-state index is -0.612. The molecule has 0 unspecified atom stereocenters. The third-order valence-corrected chi connectivity index (χ3v) is 6.55. The van der Waals surface area contributed by atoms with Gasteiger partial charge in [-0.25, -0.2) is 0 Å². The molecule has 2 heterocycles. The van der Waals surface area contributed by atoms with Crippen molar-refractivity contribution < 1.29 is 19.4 Å². The van der Waals surface area contributed by atoms with Crippen LogP contribution in [0.4, 0.5) is 0 Å².